The van der Waals surface area contributed by atoms with Gasteiger partial charge in [0.25, 0.3) is 11.8 Å². The first-order chi connectivity index (χ1) is 16.0. The Hall–Kier alpha value is -4.07. The molecule has 0 unspecified atom stereocenters. The Bertz CT molecular complexity index is 1090. The third-order valence-corrected chi connectivity index (χ3v) is 4.42. The second-order valence-corrected chi connectivity index (χ2v) is 6.82. The van der Waals surface area contributed by atoms with Crippen molar-refractivity contribution in [3.05, 3.63) is 78.1 Å². The van der Waals surface area contributed by atoms with E-state index in [1.165, 1.54) is 24.3 Å². The van der Waals surface area contributed by atoms with Crippen molar-refractivity contribution in [3.63, 3.8) is 0 Å². The van der Waals surface area contributed by atoms with Gasteiger partial charge < -0.3 is 24.8 Å². The number of benzene rings is 3. The van der Waals surface area contributed by atoms with Crippen LogP contribution in [0.25, 0.3) is 0 Å². The number of hydrogen-bond donors (Lipinski definition) is 2. The second kappa shape index (κ2) is 11.5. The van der Waals surface area contributed by atoms with Crippen molar-refractivity contribution in [2.75, 3.05) is 30.5 Å². The van der Waals surface area contributed by atoms with Crippen molar-refractivity contribution >= 4 is 23.2 Å². The molecule has 0 spiro atoms. The number of carbonyl (C=O) groups excluding carboxylic acids is 2. The third-order valence-electron chi connectivity index (χ3n) is 4.42. The average Bonchev–Trinajstić information content (AvgIpc) is 2.82. The van der Waals surface area contributed by atoms with Gasteiger partial charge in [-0.25, -0.2) is 4.39 Å². The van der Waals surface area contributed by atoms with Gasteiger partial charge in [0.2, 0.25) is 0 Å². The smallest absolute Gasteiger partial charge is 0.262 e. The minimum atomic E-state index is -0.441. The summed E-state index contributed by atoms with van der Waals surface area (Å²) in [4.78, 5) is 25.1. The minimum Gasteiger partial charge on any atom is -0.492 e. The van der Waals surface area contributed by atoms with Gasteiger partial charge in [0.1, 0.15) is 23.1 Å². The molecule has 0 aromatic heterocycles. The molecule has 7 nitrogen and oxygen atoms in total. The number of ether oxygens (including phenoxy) is 3. The summed E-state index contributed by atoms with van der Waals surface area (Å²) < 4.78 is 29.8. The maximum atomic E-state index is 13.0. The molecule has 0 aliphatic rings. The van der Waals surface area contributed by atoms with Gasteiger partial charge in [-0.1, -0.05) is 18.2 Å². The molecule has 0 bridgehead atoms. The lowest BCUT2D eigenvalue weighted by atomic mass is 10.2. The van der Waals surface area contributed by atoms with Gasteiger partial charge in [-0.15, -0.1) is 0 Å². The van der Waals surface area contributed by atoms with Crippen molar-refractivity contribution in [3.8, 4) is 17.2 Å². The summed E-state index contributed by atoms with van der Waals surface area (Å²) in [6.07, 6.45) is 0. The molecule has 33 heavy (non-hydrogen) atoms. The van der Waals surface area contributed by atoms with Crippen LogP contribution in [0, 0.1) is 5.82 Å². The number of anilines is 2. The summed E-state index contributed by atoms with van der Waals surface area (Å²) in [6, 6.07) is 17.3. The fourth-order valence-electron chi connectivity index (χ4n) is 2.96. The maximum absolute atomic E-state index is 13.0. The molecule has 0 heterocycles. The van der Waals surface area contributed by atoms with E-state index in [0.717, 1.165) is 0 Å². The Kier molecular flexibility index (Phi) is 8.24. The Morgan fingerprint density at radius 2 is 1.36 bits per heavy atom. The molecule has 0 radical (unpaired) electrons. The fraction of sp³-hybridized carbons (Fsp3) is 0.200. The van der Waals surface area contributed by atoms with Crippen LogP contribution in [-0.2, 0) is 4.79 Å². The van der Waals surface area contributed by atoms with Crippen molar-refractivity contribution in [2.45, 2.75) is 13.8 Å². The zero-order chi connectivity index (χ0) is 23.6. The first-order valence-corrected chi connectivity index (χ1v) is 10.5. The standard InChI is InChI=1S/C25H25FN2O5/c1-3-31-22-15-21(28-25(30)17-8-6-5-7-9-17)23(32-4-2)14-20(22)27-24(29)16-33-19-12-10-18(26)11-13-19/h5-15H,3-4,16H2,1-2H3,(H,27,29)(H,28,30). The molecule has 3 aromatic carbocycles. The van der Waals surface area contributed by atoms with E-state index in [1.54, 1.807) is 36.4 Å². The van der Waals surface area contributed by atoms with E-state index in [-0.39, 0.29) is 12.5 Å². The summed E-state index contributed by atoms with van der Waals surface area (Å²) >= 11 is 0. The van der Waals surface area contributed by atoms with Crippen LogP contribution in [0.15, 0.2) is 66.7 Å². The summed E-state index contributed by atoms with van der Waals surface area (Å²) in [6.45, 7) is 4.03. The second-order valence-electron chi connectivity index (χ2n) is 6.82. The number of amides is 2. The zero-order valence-electron chi connectivity index (χ0n) is 18.4. The van der Waals surface area contributed by atoms with Crippen molar-refractivity contribution in [1.29, 1.82) is 0 Å². The molecule has 0 saturated heterocycles. The molecule has 2 N–H and O–H groups in total. The monoisotopic (exact) mass is 452 g/mol. The molecule has 0 aliphatic carbocycles. The molecular formula is C25H25FN2O5. The SMILES string of the molecule is CCOc1cc(NC(=O)c2ccccc2)c(OCC)cc1NC(=O)COc1ccc(F)cc1. The Morgan fingerprint density at radius 1 is 0.788 bits per heavy atom. The van der Waals surface area contributed by atoms with Crippen LogP contribution in [0.2, 0.25) is 0 Å². The van der Waals surface area contributed by atoms with E-state index in [4.69, 9.17) is 14.2 Å². The first-order valence-electron chi connectivity index (χ1n) is 10.5. The van der Waals surface area contributed by atoms with Gasteiger partial charge in [0.15, 0.2) is 6.61 Å². The van der Waals surface area contributed by atoms with E-state index in [0.29, 0.717) is 47.4 Å². The van der Waals surface area contributed by atoms with E-state index in [2.05, 4.69) is 10.6 Å². The Morgan fingerprint density at radius 3 is 1.94 bits per heavy atom. The first kappa shape index (κ1) is 23.6. The summed E-state index contributed by atoms with van der Waals surface area (Å²) in [5, 5.41) is 5.56. The van der Waals surface area contributed by atoms with Gasteiger partial charge in [0.05, 0.1) is 24.6 Å². The predicted octanol–water partition coefficient (Wildman–Crippen LogP) is 4.89. The molecule has 0 atom stereocenters. The van der Waals surface area contributed by atoms with Gasteiger partial charge in [-0.2, -0.15) is 0 Å². The van der Waals surface area contributed by atoms with Crippen LogP contribution >= 0.6 is 0 Å². The van der Waals surface area contributed by atoms with Gasteiger partial charge >= 0.3 is 0 Å². The number of halogens is 1. The lowest BCUT2D eigenvalue weighted by Crippen LogP contribution is -2.21. The van der Waals surface area contributed by atoms with Crippen molar-refractivity contribution in [2.24, 2.45) is 0 Å². The molecule has 0 aliphatic heterocycles. The molecule has 172 valence electrons. The summed E-state index contributed by atoms with van der Waals surface area (Å²) in [7, 11) is 0. The van der Waals surface area contributed by atoms with Gasteiger partial charge in [0, 0.05) is 17.7 Å². The molecule has 2 amide bonds. The molecule has 0 fully saturated rings. The summed E-state index contributed by atoms with van der Waals surface area (Å²) in [5.74, 6) is -0.0340. The van der Waals surface area contributed by atoms with Crippen LogP contribution in [0.5, 0.6) is 17.2 Å². The highest BCUT2D eigenvalue weighted by atomic mass is 19.1. The van der Waals surface area contributed by atoms with Gasteiger partial charge in [-0.05, 0) is 50.2 Å². The van der Waals surface area contributed by atoms with Crippen LogP contribution < -0.4 is 24.8 Å². The number of rotatable bonds is 10. The maximum Gasteiger partial charge on any atom is 0.262 e. The zero-order valence-corrected chi connectivity index (χ0v) is 18.4. The molecule has 0 saturated carbocycles. The molecule has 8 heteroatoms. The van der Waals surface area contributed by atoms with Gasteiger partial charge in [-0.3, -0.25) is 9.59 Å². The van der Waals surface area contributed by atoms with E-state index in [9.17, 15) is 14.0 Å². The summed E-state index contributed by atoms with van der Waals surface area (Å²) in [5.41, 5.74) is 1.27. The third kappa shape index (κ3) is 6.70. The van der Waals surface area contributed by atoms with Crippen molar-refractivity contribution in [1.82, 2.24) is 0 Å². The highest BCUT2D eigenvalue weighted by Gasteiger charge is 2.17. The van der Waals surface area contributed by atoms with Crippen LogP contribution in [0.4, 0.5) is 15.8 Å². The fourth-order valence-corrected chi connectivity index (χ4v) is 2.96. The molecular weight excluding hydrogens is 427 g/mol. The van der Waals surface area contributed by atoms with E-state index in [1.807, 2.05) is 19.9 Å². The Balaban J connectivity index is 1.78. The number of nitrogens with one attached hydrogen (secondary N) is 2. The Labute approximate surface area is 191 Å². The molecule has 3 aromatic rings. The normalized spacial score (nSPS) is 10.3. The quantitative estimate of drug-likeness (QED) is 0.457. The van der Waals surface area contributed by atoms with Crippen LogP contribution in [0.1, 0.15) is 24.2 Å². The van der Waals surface area contributed by atoms with Crippen molar-refractivity contribution < 1.29 is 28.2 Å². The number of hydrogen-bond acceptors (Lipinski definition) is 5. The van der Waals surface area contributed by atoms with E-state index < -0.39 is 11.7 Å². The van der Waals surface area contributed by atoms with E-state index >= 15 is 0 Å². The van der Waals surface area contributed by atoms with Crippen LogP contribution in [0.3, 0.4) is 0 Å². The predicted molar refractivity (Wildman–Crippen MR) is 124 cm³/mol. The lowest BCUT2D eigenvalue weighted by molar-refractivity contribution is -0.118. The average molecular weight is 452 g/mol. The lowest BCUT2D eigenvalue weighted by Gasteiger charge is -2.18. The topological polar surface area (TPSA) is 85.9 Å². The minimum absolute atomic E-state index is 0.284. The van der Waals surface area contributed by atoms with Crippen LogP contribution in [-0.4, -0.2) is 31.6 Å². The number of carbonyl (C=O) groups is 2. The highest BCUT2D eigenvalue weighted by molar-refractivity contribution is 6.05. The highest BCUT2D eigenvalue weighted by Crippen LogP contribution is 2.37. The largest absolute Gasteiger partial charge is 0.492 e. The molecule has 3 rings (SSSR count).